The summed E-state index contributed by atoms with van der Waals surface area (Å²) in [5.41, 5.74) is 1.20. The Balaban J connectivity index is 2.52. The number of hydrogen-bond acceptors (Lipinski definition) is 1. The zero-order chi connectivity index (χ0) is 15.9. The van der Waals surface area contributed by atoms with Crippen molar-refractivity contribution in [3.05, 3.63) is 35.9 Å². The Morgan fingerprint density at radius 3 is 2.19 bits per heavy atom. The van der Waals surface area contributed by atoms with Gasteiger partial charge < -0.3 is 5.32 Å². The third-order valence-electron chi connectivity index (χ3n) is 3.49. The van der Waals surface area contributed by atoms with Gasteiger partial charge in [-0.1, -0.05) is 44.2 Å². The second-order valence-electron chi connectivity index (χ2n) is 6.17. The summed E-state index contributed by atoms with van der Waals surface area (Å²) < 4.78 is 36.6. The number of hydrogen-bond donors (Lipinski definition) is 1. The first-order valence-corrected chi connectivity index (χ1v) is 7.65. The van der Waals surface area contributed by atoms with Crippen molar-refractivity contribution < 1.29 is 13.2 Å². The Hall–Kier alpha value is -1.03. The quantitative estimate of drug-likeness (QED) is 0.670. The van der Waals surface area contributed by atoms with Crippen LogP contribution in [0.1, 0.15) is 58.1 Å². The fourth-order valence-electron chi connectivity index (χ4n) is 2.49. The van der Waals surface area contributed by atoms with Crippen molar-refractivity contribution in [2.75, 3.05) is 0 Å². The van der Waals surface area contributed by atoms with E-state index in [0.29, 0.717) is 12.3 Å². The Morgan fingerprint density at radius 2 is 1.67 bits per heavy atom. The van der Waals surface area contributed by atoms with E-state index >= 15 is 0 Å². The molecule has 0 spiro atoms. The van der Waals surface area contributed by atoms with Crippen LogP contribution in [0.25, 0.3) is 0 Å². The molecule has 0 aromatic heterocycles. The summed E-state index contributed by atoms with van der Waals surface area (Å²) >= 11 is 0. The highest BCUT2D eigenvalue weighted by Gasteiger charge is 2.26. The van der Waals surface area contributed by atoms with Crippen LogP contribution in [-0.2, 0) is 0 Å². The van der Waals surface area contributed by atoms with E-state index in [2.05, 4.69) is 31.3 Å². The molecule has 120 valence electrons. The lowest BCUT2D eigenvalue weighted by Crippen LogP contribution is -2.31. The monoisotopic (exact) mass is 301 g/mol. The molecule has 0 fully saturated rings. The number of benzene rings is 1. The molecule has 1 aromatic rings. The van der Waals surface area contributed by atoms with Gasteiger partial charge in [0.25, 0.3) is 0 Å². The number of alkyl halides is 3. The molecular formula is C17H26F3N. The van der Waals surface area contributed by atoms with Crippen LogP contribution >= 0.6 is 0 Å². The van der Waals surface area contributed by atoms with Gasteiger partial charge in [-0.25, -0.2) is 0 Å². The zero-order valence-corrected chi connectivity index (χ0v) is 13.1. The first-order valence-electron chi connectivity index (χ1n) is 7.65. The van der Waals surface area contributed by atoms with E-state index in [1.165, 1.54) is 5.56 Å². The van der Waals surface area contributed by atoms with Crippen LogP contribution in [0.4, 0.5) is 13.2 Å². The average Bonchev–Trinajstić information content (AvgIpc) is 2.37. The number of nitrogens with one attached hydrogen (secondary N) is 1. The molecule has 0 bridgehead atoms. The van der Waals surface area contributed by atoms with Gasteiger partial charge in [-0.3, -0.25) is 0 Å². The Labute approximate surface area is 125 Å². The number of halogens is 3. The second-order valence-corrected chi connectivity index (χ2v) is 6.17. The van der Waals surface area contributed by atoms with E-state index in [1.54, 1.807) is 0 Å². The summed E-state index contributed by atoms with van der Waals surface area (Å²) in [6.07, 6.45) is -3.04. The number of rotatable bonds is 8. The van der Waals surface area contributed by atoms with Crippen LogP contribution in [0.3, 0.4) is 0 Å². The molecule has 0 aliphatic heterocycles. The molecule has 0 radical (unpaired) electrons. The second kappa shape index (κ2) is 8.42. The lowest BCUT2D eigenvalue weighted by atomic mass is 9.96. The molecule has 0 saturated carbocycles. The minimum atomic E-state index is -4.05. The summed E-state index contributed by atoms with van der Waals surface area (Å²) in [4.78, 5) is 0. The SMILES string of the molecule is CC(C)CC(NC(C)CCCC(F)(F)F)c1ccccc1. The predicted molar refractivity (Wildman–Crippen MR) is 81.1 cm³/mol. The van der Waals surface area contributed by atoms with Crippen LogP contribution < -0.4 is 5.32 Å². The van der Waals surface area contributed by atoms with Gasteiger partial charge in [0.05, 0.1) is 0 Å². The van der Waals surface area contributed by atoms with E-state index in [4.69, 9.17) is 0 Å². The van der Waals surface area contributed by atoms with Crippen molar-refractivity contribution in [1.82, 2.24) is 5.32 Å². The van der Waals surface area contributed by atoms with Crippen LogP contribution in [0.5, 0.6) is 0 Å². The molecular weight excluding hydrogens is 275 g/mol. The van der Waals surface area contributed by atoms with E-state index in [1.807, 2.05) is 25.1 Å². The predicted octanol–water partition coefficient (Wildman–Crippen LogP) is 5.48. The smallest absolute Gasteiger partial charge is 0.307 e. The fraction of sp³-hybridized carbons (Fsp3) is 0.647. The maximum absolute atomic E-state index is 12.2. The molecule has 0 saturated heterocycles. The van der Waals surface area contributed by atoms with Gasteiger partial charge in [-0.05, 0) is 37.7 Å². The van der Waals surface area contributed by atoms with E-state index in [9.17, 15) is 13.2 Å². The maximum Gasteiger partial charge on any atom is 0.389 e. The molecule has 0 heterocycles. The van der Waals surface area contributed by atoms with E-state index in [0.717, 1.165) is 6.42 Å². The van der Waals surface area contributed by atoms with Crippen LogP contribution in [0.2, 0.25) is 0 Å². The van der Waals surface area contributed by atoms with Crippen molar-refractivity contribution in [2.45, 2.75) is 64.7 Å². The molecule has 0 amide bonds. The minimum absolute atomic E-state index is 0.0799. The Bertz CT molecular complexity index is 387. The van der Waals surface area contributed by atoms with Gasteiger partial charge in [-0.15, -0.1) is 0 Å². The molecule has 0 aliphatic carbocycles. The van der Waals surface area contributed by atoms with Gasteiger partial charge in [0, 0.05) is 18.5 Å². The third-order valence-corrected chi connectivity index (χ3v) is 3.49. The zero-order valence-electron chi connectivity index (χ0n) is 13.1. The maximum atomic E-state index is 12.2. The van der Waals surface area contributed by atoms with Gasteiger partial charge >= 0.3 is 6.18 Å². The van der Waals surface area contributed by atoms with Crippen molar-refractivity contribution in [1.29, 1.82) is 0 Å². The van der Waals surface area contributed by atoms with Gasteiger partial charge in [0.15, 0.2) is 0 Å². The Kier molecular flexibility index (Phi) is 7.23. The average molecular weight is 301 g/mol. The first kappa shape index (κ1) is 18.0. The molecule has 2 unspecified atom stereocenters. The summed E-state index contributed by atoms with van der Waals surface area (Å²) in [7, 11) is 0. The molecule has 2 atom stereocenters. The van der Waals surface area contributed by atoms with Crippen molar-refractivity contribution in [3.8, 4) is 0 Å². The third kappa shape index (κ3) is 8.10. The largest absolute Gasteiger partial charge is 0.389 e. The summed E-state index contributed by atoms with van der Waals surface area (Å²) in [5.74, 6) is 0.532. The molecule has 0 aliphatic rings. The Morgan fingerprint density at radius 1 is 1.05 bits per heavy atom. The van der Waals surface area contributed by atoms with Crippen LogP contribution in [0, 0.1) is 5.92 Å². The van der Waals surface area contributed by atoms with Crippen LogP contribution in [0.15, 0.2) is 30.3 Å². The summed E-state index contributed by atoms with van der Waals surface area (Å²) in [6, 6.07) is 10.4. The molecule has 1 nitrogen and oxygen atoms in total. The van der Waals surface area contributed by atoms with E-state index < -0.39 is 12.6 Å². The molecule has 4 heteroatoms. The molecule has 1 rings (SSSR count). The summed E-state index contributed by atoms with van der Waals surface area (Å²) in [6.45, 7) is 6.28. The van der Waals surface area contributed by atoms with Crippen molar-refractivity contribution in [2.24, 2.45) is 5.92 Å². The van der Waals surface area contributed by atoms with Gasteiger partial charge in [-0.2, -0.15) is 13.2 Å². The topological polar surface area (TPSA) is 12.0 Å². The minimum Gasteiger partial charge on any atom is -0.307 e. The standard InChI is InChI=1S/C17H26F3N/c1-13(2)12-16(15-9-5-4-6-10-15)21-14(3)8-7-11-17(18,19)20/h4-6,9-10,13-14,16,21H,7-8,11-12H2,1-3H3. The lowest BCUT2D eigenvalue weighted by Gasteiger charge is -2.25. The lowest BCUT2D eigenvalue weighted by molar-refractivity contribution is -0.135. The van der Waals surface area contributed by atoms with E-state index in [-0.39, 0.29) is 18.5 Å². The fourth-order valence-corrected chi connectivity index (χ4v) is 2.49. The highest BCUT2D eigenvalue weighted by Crippen LogP contribution is 2.25. The molecule has 1 N–H and O–H groups in total. The molecule has 1 aromatic carbocycles. The molecule has 21 heavy (non-hydrogen) atoms. The van der Waals surface area contributed by atoms with Gasteiger partial charge in [0.2, 0.25) is 0 Å². The highest BCUT2D eigenvalue weighted by molar-refractivity contribution is 5.19. The highest BCUT2D eigenvalue weighted by atomic mass is 19.4. The summed E-state index contributed by atoms with van der Waals surface area (Å²) in [5, 5.41) is 3.48. The van der Waals surface area contributed by atoms with Crippen LogP contribution in [-0.4, -0.2) is 12.2 Å². The first-order chi connectivity index (χ1) is 9.78. The normalized spacial score (nSPS) is 15.2. The van der Waals surface area contributed by atoms with Crippen molar-refractivity contribution in [3.63, 3.8) is 0 Å². The van der Waals surface area contributed by atoms with Gasteiger partial charge in [0.1, 0.15) is 0 Å². The van der Waals surface area contributed by atoms with Crippen molar-refractivity contribution >= 4 is 0 Å².